The number of benzene rings is 1. The van der Waals surface area contributed by atoms with Crippen LogP contribution in [0.4, 0.5) is 0 Å². The standard InChI is InChI=1S/C22H32N6O/c1-17-21(25-26-28(17)20-7-12-23-13-8-20)22(29)24-19-10-15-27(16-11-19)14-9-18-5-3-2-4-6-18/h2-6,19-20,23H,7-16H2,1H3,(H,24,29). The molecule has 1 aromatic heterocycles. The molecule has 0 unspecified atom stereocenters. The van der Waals surface area contributed by atoms with Crippen LogP contribution < -0.4 is 10.6 Å². The maximum absolute atomic E-state index is 12.8. The van der Waals surface area contributed by atoms with E-state index in [1.165, 1.54) is 5.56 Å². The normalized spacial score (nSPS) is 19.3. The second-order valence-electron chi connectivity index (χ2n) is 8.27. The van der Waals surface area contributed by atoms with E-state index in [1.807, 2.05) is 11.6 Å². The lowest BCUT2D eigenvalue weighted by Gasteiger charge is -2.32. The molecule has 0 saturated carbocycles. The van der Waals surface area contributed by atoms with E-state index in [4.69, 9.17) is 0 Å². The molecule has 2 aliphatic heterocycles. The molecule has 2 aromatic rings. The van der Waals surface area contributed by atoms with Gasteiger partial charge in [-0.2, -0.15) is 0 Å². The lowest BCUT2D eigenvalue weighted by Crippen LogP contribution is -2.45. The Morgan fingerprint density at radius 2 is 1.86 bits per heavy atom. The highest BCUT2D eigenvalue weighted by molar-refractivity contribution is 5.93. The topological polar surface area (TPSA) is 75.1 Å². The first-order valence-electron chi connectivity index (χ1n) is 10.9. The van der Waals surface area contributed by atoms with Gasteiger partial charge in [-0.05, 0) is 57.7 Å². The maximum atomic E-state index is 12.8. The van der Waals surface area contributed by atoms with E-state index in [0.29, 0.717) is 11.7 Å². The molecule has 2 aliphatic rings. The van der Waals surface area contributed by atoms with E-state index in [1.54, 1.807) is 0 Å². The van der Waals surface area contributed by atoms with Crippen LogP contribution in [0.2, 0.25) is 0 Å². The average Bonchev–Trinajstić information content (AvgIpc) is 3.16. The molecule has 2 N–H and O–H groups in total. The summed E-state index contributed by atoms with van der Waals surface area (Å²) in [4.78, 5) is 15.3. The van der Waals surface area contributed by atoms with Crippen LogP contribution in [0.25, 0.3) is 0 Å². The van der Waals surface area contributed by atoms with Gasteiger partial charge in [0.05, 0.1) is 11.7 Å². The van der Waals surface area contributed by atoms with Crippen LogP contribution in [0.15, 0.2) is 30.3 Å². The number of nitrogens with zero attached hydrogens (tertiary/aromatic N) is 4. The van der Waals surface area contributed by atoms with Gasteiger partial charge in [-0.25, -0.2) is 4.68 Å². The Labute approximate surface area is 172 Å². The van der Waals surface area contributed by atoms with Crippen molar-refractivity contribution in [2.45, 2.75) is 51.1 Å². The summed E-state index contributed by atoms with van der Waals surface area (Å²) in [7, 11) is 0. The van der Waals surface area contributed by atoms with Crippen molar-refractivity contribution in [3.63, 3.8) is 0 Å². The van der Waals surface area contributed by atoms with Crippen molar-refractivity contribution in [1.29, 1.82) is 0 Å². The van der Waals surface area contributed by atoms with Gasteiger partial charge < -0.3 is 15.5 Å². The summed E-state index contributed by atoms with van der Waals surface area (Å²) in [5.41, 5.74) is 2.75. The first-order chi connectivity index (χ1) is 14.2. The largest absolute Gasteiger partial charge is 0.348 e. The summed E-state index contributed by atoms with van der Waals surface area (Å²) in [6.07, 6.45) is 5.13. The second-order valence-corrected chi connectivity index (χ2v) is 8.27. The molecule has 1 aromatic carbocycles. The molecular weight excluding hydrogens is 364 g/mol. The number of rotatable bonds is 6. The summed E-state index contributed by atoms with van der Waals surface area (Å²) in [6.45, 7) is 7.08. The summed E-state index contributed by atoms with van der Waals surface area (Å²) >= 11 is 0. The Hall–Kier alpha value is -2.25. The number of aromatic nitrogens is 3. The number of piperidine rings is 2. The zero-order valence-corrected chi connectivity index (χ0v) is 17.3. The number of hydrogen-bond donors (Lipinski definition) is 2. The third-order valence-corrected chi connectivity index (χ3v) is 6.28. The third kappa shape index (κ3) is 5.03. The van der Waals surface area contributed by atoms with Crippen molar-refractivity contribution in [2.75, 3.05) is 32.7 Å². The molecule has 7 nitrogen and oxygen atoms in total. The van der Waals surface area contributed by atoms with Crippen molar-refractivity contribution >= 4 is 5.91 Å². The zero-order valence-electron chi connectivity index (χ0n) is 17.3. The van der Waals surface area contributed by atoms with E-state index < -0.39 is 0 Å². The fourth-order valence-corrected chi connectivity index (χ4v) is 4.44. The minimum absolute atomic E-state index is 0.0783. The van der Waals surface area contributed by atoms with Crippen molar-refractivity contribution in [3.05, 3.63) is 47.3 Å². The van der Waals surface area contributed by atoms with Gasteiger partial charge in [0.15, 0.2) is 5.69 Å². The molecule has 0 spiro atoms. The Bertz CT molecular complexity index is 791. The fraction of sp³-hybridized carbons (Fsp3) is 0.591. The van der Waals surface area contributed by atoms with Crippen LogP contribution in [-0.2, 0) is 6.42 Å². The highest BCUT2D eigenvalue weighted by Crippen LogP contribution is 2.20. The second kappa shape index (κ2) is 9.50. The predicted molar refractivity (Wildman–Crippen MR) is 113 cm³/mol. The van der Waals surface area contributed by atoms with Crippen molar-refractivity contribution in [2.24, 2.45) is 0 Å². The summed E-state index contributed by atoms with van der Waals surface area (Å²) in [5.74, 6) is -0.0783. The van der Waals surface area contributed by atoms with Crippen molar-refractivity contribution < 1.29 is 4.79 Å². The number of amides is 1. The molecule has 7 heteroatoms. The van der Waals surface area contributed by atoms with Crippen LogP contribution in [0.5, 0.6) is 0 Å². The van der Waals surface area contributed by atoms with Crippen molar-refractivity contribution in [1.82, 2.24) is 30.5 Å². The minimum atomic E-state index is -0.0783. The van der Waals surface area contributed by atoms with E-state index in [2.05, 4.69) is 56.2 Å². The van der Waals surface area contributed by atoms with Crippen LogP contribution in [0, 0.1) is 6.92 Å². The van der Waals surface area contributed by atoms with E-state index >= 15 is 0 Å². The van der Waals surface area contributed by atoms with E-state index in [0.717, 1.165) is 70.5 Å². The van der Waals surface area contributed by atoms with Crippen LogP contribution in [-0.4, -0.2) is 64.6 Å². The van der Waals surface area contributed by atoms with Crippen LogP contribution in [0.1, 0.15) is 53.5 Å². The lowest BCUT2D eigenvalue weighted by atomic mass is 10.0. The molecule has 2 fully saturated rings. The highest BCUT2D eigenvalue weighted by Gasteiger charge is 2.26. The molecule has 1 amide bonds. The van der Waals surface area contributed by atoms with Gasteiger partial charge in [0, 0.05) is 25.7 Å². The molecule has 29 heavy (non-hydrogen) atoms. The summed E-state index contributed by atoms with van der Waals surface area (Å²) < 4.78 is 1.95. The minimum Gasteiger partial charge on any atom is -0.348 e. The maximum Gasteiger partial charge on any atom is 0.273 e. The van der Waals surface area contributed by atoms with Crippen LogP contribution in [0.3, 0.4) is 0 Å². The molecule has 0 atom stereocenters. The zero-order chi connectivity index (χ0) is 20.1. The molecule has 0 bridgehead atoms. The highest BCUT2D eigenvalue weighted by atomic mass is 16.2. The molecule has 0 aliphatic carbocycles. The Kier molecular flexibility index (Phi) is 6.56. The summed E-state index contributed by atoms with van der Waals surface area (Å²) in [5, 5.41) is 15.1. The van der Waals surface area contributed by atoms with Gasteiger partial charge in [0.1, 0.15) is 0 Å². The predicted octanol–water partition coefficient (Wildman–Crippen LogP) is 1.95. The van der Waals surface area contributed by atoms with Gasteiger partial charge in [-0.3, -0.25) is 4.79 Å². The SMILES string of the molecule is Cc1c(C(=O)NC2CCN(CCc3ccccc3)CC2)nnn1C1CCNCC1. The first-order valence-corrected chi connectivity index (χ1v) is 10.9. The molecule has 4 rings (SSSR count). The van der Waals surface area contributed by atoms with Gasteiger partial charge in [0.25, 0.3) is 5.91 Å². The summed E-state index contributed by atoms with van der Waals surface area (Å²) in [6, 6.07) is 11.2. The van der Waals surface area contributed by atoms with Crippen molar-refractivity contribution in [3.8, 4) is 0 Å². The molecule has 0 radical (unpaired) electrons. The smallest absolute Gasteiger partial charge is 0.273 e. The van der Waals surface area contributed by atoms with Gasteiger partial charge in [-0.1, -0.05) is 35.5 Å². The molecular formula is C22H32N6O. The first kappa shape index (κ1) is 20.0. The molecule has 3 heterocycles. The number of nitrogens with one attached hydrogen (secondary N) is 2. The quantitative estimate of drug-likeness (QED) is 0.781. The number of likely N-dealkylation sites (tertiary alicyclic amines) is 1. The average molecular weight is 397 g/mol. The number of hydrogen-bond acceptors (Lipinski definition) is 5. The monoisotopic (exact) mass is 396 g/mol. The van der Waals surface area contributed by atoms with Gasteiger partial charge in [0.2, 0.25) is 0 Å². The van der Waals surface area contributed by atoms with Crippen LogP contribution >= 0.6 is 0 Å². The Balaban J connectivity index is 1.25. The fourth-order valence-electron chi connectivity index (χ4n) is 4.44. The third-order valence-electron chi connectivity index (χ3n) is 6.28. The van der Waals surface area contributed by atoms with E-state index in [9.17, 15) is 4.79 Å². The molecule has 156 valence electrons. The van der Waals surface area contributed by atoms with Gasteiger partial charge >= 0.3 is 0 Å². The molecule has 2 saturated heterocycles. The van der Waals surface area contributed by atoms with E-state index in [-0.39, 0.29) is 11.9 Å². The number of carbonyl (C=O) groups excluding carboxylic acids is 1. The Morgan fingerprint density at radius 3 is 2.59 bits per heavy atom. The Morgan fingerprint density at radius 1 is 1.14 bits per heavy atom. The lowest BCUT2D eigenvalue weighted by molar-refractivity contribution is 0.0905. The number of carbonyl (C=O) groups is 1. The van der Waals surface area contributed by atoms with Gasteiger partial charge in [-0.15, -0.1) is 5.10 Å².